The molecular formula is C25H52O10Si. The topological polar surface area (TPSA) is 100 Å². The lowest BCUT2D eigenvalue weighted by atomic mass is 10.2. The van der Waals surface area contributed by atoms with Crippen LogP contribution in [0.5, 0.6) is 0 Å². The monoisotopic (exact) mass is 540 g/mol. The van der Waals surface area contributed by atoms with Gasteiger partial charge in [-0.05, 0) is 25.1 Å². The summed E-state index contributed by atoms with van der Waals surface area (Å²) in [5.41, 5.74) is 0. The average Bonchev–Trinajstić information content (AvgIpc) is 2.81. The Kier molecular flexibility index (Phi) is 23.1. The molecule has 36 heavy (non-hydrogen) atoms. The van der Waals surface area contributed by atoms with Crippen LogP contribution in [0.3, 0.4) is 0 Å². The van der Waals surface area contributed by atoms with Gasteiger partial charge in [0, 0.05) is 0 Å². The average molecular weight is 541 g/mol. The van der Waals surface area contributed by atoms with Crippen molar-refractivity contribution < 1.29 is 47.1 Å². The predicted molar refractivity (Wildman–Crippen MR) is 140 cm³/mol. The molecule has 0 rings (SSSR count). The highest BCUT2D eigenvalue weighted by molar-refractivity contribution is 6.74. The Morgan fingerprint density at radius 2 is 0.861 bits per heavy atom. The number of ether oxygens (including phenoxy) is 8. The smallest absolute Gasteiger partial charge is 0.308 e. The third-order valence-electron chi connectivity index (χ3n) is 5.48. The lowest BCUT2D eigenvalue weighted by Crippen LogP contribution is -2.41. The van der Waals surface area contributed by atoms with E-state index in [4.69, 9.17) is 42.3 Å². The maximum atomic E-state index is 11.1. The van der Waals surface area contributed by atoms with Crippen LogP contribution < -0.4 is 0 Å². The number of carbonyl (C=O) groups is 1. The van der Waals surface area contributed by atoms with Crippen LogP contribution in [0.25, 0.3) is 0 Å². The summed E-state index contributed by atoms with van der Waals surface area (Å²) in [5.74, 6) is -0.245. The van der Waals surface area contributed by atoms with Gasteiger partial charge in [0.05, 0.1) is 112 Å². The van der Waals surface area contributed by atoms with Gasteiger partial charge < -0.3 is 42.3 Å². The molecule has 0 atom stereocenters. The SMILES string of the molecule is CCOC(=O)CCOCCOCCOCCOCCOCCOCCOCCO[Si](C)(C)C(C)(C)C. The minimum atomic E-state index is -1.69. The van der Waals surface area contributed by atoms with Gasteiger partial charge in [0.2, 0.25) is 0 Å². The van der Waals surface area contributed by atoms with E-state index in [1.165, 1.54) is 0 Å². The van der Waals surface area contributed by atoms with Gasteiger partial charge in [0.25, 0.3) is 0 Å². The second kappa shape index (κ2) is 23.5. The van der Waals surface area contributed by atoms with Crippen molar-refractivity contribution in [3.63, 3.8) is 0 Å². The third-order valence-corrected chi connectivity index (χ3v) is 10.0. The van der Waals surface area contributed by atoms with Crippen molar-refractivity contribution in [2.75, 3.05) is 106 Å². The highest BCUT2D eigenvalue weighted by Gasteiger charge is 2.36. The van der Waals surface area contributed by atoms with Crippen molar-refractivity contribution in [2.24, 2.45) is 0 Å². The van der Waals surface area contributed by atoms with Crippen molar-refractivity contribution >= 4 is 14.3 Å². The molecule has 216 valence electrons. The van der Waals surface area contributed by atoms with E-state index in [1.807, 2.05) is 0 Å². The molecule has 0 unspecified atom stereocenters. The Hall–Kier alpha value is -0.633. The molecule has 0 fully saturated rings. The van der Waals surface area contributed by atoms with Gasteiger partial charge >= 0.3 is 5.97 Å². The maximum Gasteiger partial charge on any atom is 0.308 e. The molecule has 0 aromatic carbocycles. The molecule has 0 aliphatic rings. The second-order valence-corrected chi connectivity index (χ2v) is 14.3. The van der Waals surface area contributed by atoms with Gasteiger partial charge in [-0.3, -0.25) is 4.79 Å². The number of carbonyl (C=O) groups excluding carboxylic acids is 1. The Bertz CT molecular complexity index is 500. The molecule has 0 radical (unpaired) electrons. The minimum absolute atomic E-state index is 0.219. The standard InChI is InChI=1S/C25H52O10Si/c1-7-34-24(26)8-9-27-10-11-28-12-13-29-14-15-30-16-17-31-18-19-32-20-21-33-22-23-35-36(5,6)25(2,3)4/h7-23H2,1-6H3. The van der Waals surface area contributed by atoms with E-state index in [-0.39, 0.29) is 17.4 Å². The van der Waals surface area contributed by atoms with Crippen molar-refractivity contribution in [2.45, 2.75) is 52.2 Å². The Labute approximate surface area is 219 Å². The number of esters is 1. The fourth-order valence-corrected chi connectivity index (χ4v) is 3.41. The van der Waals surface area contributed by atoms with E-state index in [0.29, 0.717) is 106 Å². The van der Waals surface area contributed by atoms with Crippen LogP contribution in [0, 0.1) is 0 Å². The fraction of sp³-hybridized carbons (Fsp3) is 0.960. The van der Waals surface area contributed by atoms with Crippen LogP contribution in [0.2, 0.25) is 18.1 Å². The molecule has 0 heterocycles. The molecule has 0 saturated carbocycles. The van der Waals surface area contributed by atoms with Gasteiger partial charge in [-0.1, -0.05) is 20.8 Å². The summed E-state index contributed by atoms with van der Waals surface area (Å²) >= 11 is 0. The van der Waals surface area contributed by atoms with Crippen LogP contribution in [-0.2, 0) is 47.1 Å². The van der Waals surface area contributed by atoms with E-state index < -0.39 is 8.32 Å². The zero-order valence-electron chi connectivity index (χ0n) is 23.6. The second-order valence-electron chi connectivity index (χ2n) is 9.45. The first-order valence-corrected chi connectivity index (χ1v) is 16.0. The normalized spacial score (nSPS) is 12.3. The summed E-state index contributed by atoms with van der Waals surface area (Å²) in [6.07, 6.45) is 0.264. The number of rotatable bonds is 26. The van der Waals surface area contributed by atoms with E-state index >= 15 is 0 Å². The van der Waals surface area contributed by atoms with Crippen molar-refractivity contribution in [1.29, 1.82) is 0 Å². The minimum Gasteiger partial charge on any atom is -0.466 e. The number of hydrogen-bond donors (Lipinski definition) is 0. The van der Waals surface area contributed by atoms with Crippen LogP contribution in [0.4, 0.5) is 0 Å². The Balaban J connectivity index is 3.17. The molecular weight excluding hydrogens is 488 g/mol. The van der Waals surface area contributed by atoms with E-state index in [9.17, 15) is 4.79 Å². The number of hydrogen-bond acceptors (Lipinski definition) is 10. The molecule has 0 aliphatic heterocycles. The third kappa shape index (κ3) is 22.6. The zero-order chi connectivity index (χ0) is 27.0. The quantitative estimate of drug-likeness (QED) is 0.0924. The van der Waals surface area contributed by atoms with E-state index in [0.717, 1.165) is 0 Å². The van der Waals surface area contributed by atoms with Crippen LogP contribution in [-0.4, -0.2) is 120 Å². The molecule has 0 spiro atoms. The van der Waals surface area contributed by atoms with Gasteiger partial charge in [0.15, 0.2) is 8.32 Å². The molecule has 11 heteroatoms. The van der Waals surface area contributed by atoms with Crippen LogP contribution in [0.15, 0.2) is 0 Å². The summed E-state index contributed by atoms with van der Waals surface area (Å²) in [4.78, 5) is 11.1. The van der Waals surface area contributed by atoms with Gasteiger partial charge in [-0.15, -0.1) is 0 Å². The highest BCUT2D eigenvalue weighted by atomic mass is 28.4. The molecule has 0 aromatic rings. The maximum absolute atomic E-state index is 11.1. The van der Waals surface area contributed by atoms with Crippen LogP contribution >= 0.6 is 0 Å². The lowest BCUT2D eigenvalue weighted by Gasteiger charge is -2.36. The Morgan fingerprint density at radius 1 is 0.556 bits per heavy atom. The molecule has 0 aromatic heterocycles. The Morgan fingerprint density at radius 3 is 1.17 bits per heavy atom. The highest BCUT2D eigenvalue weighted by Crippen LogP contribution is 2.36. The first kappa shape index (κ1) is 35.4. The van der Waals surface area contributed by atoms with Crippen molar-refractivity contribution in [3.05, 3.63) is 0 Å². The van der Waals surface area contributed by atoms with E-state index in [2.05, 4.69) is 33.9 Å². The van der Waals surface area contributed by atoms with Crippen molar-refractivity contribution in [1.82, 2.24) is 0 Å². The van der Waals surface area contributed by atoms with Gasteiger partial charge in [0.1, 0.15) is 0 Å². The van der Waals surface area contributed by atoms with Gasteiger partial charge in [-0.2, -0.15) is 0 Å². The summed E-state index contributed by atoms with van der Waals surface area (Å²) in [5, 5.41) is 0.219. The summed E-state index contributed by atoms with van der Waals surface area (Å²) in [6.45, 7) is 21.0. The zero-order valence-corrected chi connectivity index (χ0v) is 24.6. The van der Waals surface area contributed by atoms with Gasteiger partial charge in [-0.25, -0.2) is 0 Å². The molecule has 0 saturated heterocycles. The molecule has 10 nitrogen and oxygen atoms in total. The summed E-state index contributed by atoms with van der Waals surface area (Å²) in [7, 11) is -1.69. The predicted octanol–water partition coefficient (Wildman–Crippen LogP) is 3.08. The van der Waals surface area contributed by atoms with E-state index in [1.54, 1.807) is 6.92 Å². The largest absolute Gasteiger partial charge is 0.466 e. The first-order chi connectivity index (χ1) is 17.2. The first-order valence-electron chi connectivity index (χ1n) is 13.0. The van der Waals surface area contributed by atoms with Crippen molar-refractivity contribution in [3.8, 4) is 0 Å². The molecule has 0 aliphatic carbocycles. The molecule has 0 bridgehead atoms. The fourth-order valence-electron chi connectivity index (χ4n) is 2.38. The summed E-state index contributed by atoms with van der Waals surface area (Å²) < 4.78 is 48.9. The van der Waals surface area contributed by atoms with Crippen LogP contribution in [0.1, 0.15) is 34.1 Å². The molecule has 0 amide bonds. The molecule has 0 N–H and O–H groups in total. The summed E-state index contributed by atoms with van der Waals surface area (Å²) in [6, 6.07) is 0. The lowest BCUT2D eigenvalue weighted by molar-refractivity contribution is -0.144.